The highest BCUT2D eigenvalue weighted by atomic mass is 79.9. The summed E-state index contributed by atoms with van der Waals surface area (Å²) in [5, 5.41) is 4.74. The van der Waals surface area contributed by atoms with E-state index in [4.69, 9.17) is 25.8 Å². The smallest absolute Gasteiger partial charge is 0.271 e. The van der Waals surface area contributed by atoms with Crippen LogP contribution >= 0.6 is 43.5 Å². The Bertz CT molecular complexity index is 1190. The van der Waals surface area contributed by atoms with Crippen LogP contribution in [0, 0.1) is 0 Å². The van der Waals surface area contributed by atoms with E-state index in [1.807, 2.05) is 43.3 Å². The molecule has 0 heterocycles. The molecule has 0 aliphatic carbocycles. The minimum absolute atomic E-state index is 0.277. The van der Waals surface area contributed by atoms with Crippen molar-refractivity contribution in [3.63, 3.8) is 0 Å². The zero-order chi connectivity index (χ0) is 24.5. The minimum Gasteiger partial charge on any atom is -0.493 e. The molecule has 3 rings (SSSR count). The Labute approximate surface area is 220 Å². The zero-order valence-corrected chi connectivity index (χ0v) is 22.5. The summed E-state index contributed by atoms with van der Waals surface area (Å²) >= 11 is 13.2. The van der Waals surface area contributed by atoms with Gasteiger partial charge >= 0.3 is 0 Å². The van der Waals surface area contributed by atoms with Crippen molar-refractivity contribution in [2.75, 3.05) is 13.7 Å². The molecule has 6 nitrogen and oxygen atoms in total. The second-order valence-corrected chi connectivity index (χ2v) is 9.28. The molecule has 3 aromatic rings. The fourth-order valence-corrected chi connectivity index (χ4v) is 4.52. The van der Waals surface area contributed by atoms with Gasteiger partial charge in [0.15, 0.2) is 11.5 Å². The van der Waals surface area contributed by atoms with Crippen LogP contribution in [0.4, 0.5) is 0 Å². The Morgan fingerprint density at radius 1 is 1.09 bits per heavy atom. The molecule has 0 spiro atoms. The van der Waals surface area contributed by atoms with Crippen molar-refractivity contribution in [3.05, 3.63) is 85.3 Å². The average Bonchev–Trinajstić information content (AvgIpc) is 2.82. The second kappa shape index (κ2) is 12.8. The summed E-state index contributed by atoms with van der Waals surface area (Å²) in [6.07, 6.45) is 2.39. The van der Waals surface area contributed by atoms with E-state index in [0.717, 1.165) is 20.9 Å². The summed E-state index contributed by atoms with van der Waals surface area (Å²) in [5.41, 5.74) is 4.45. The molecule has 1 amide bonds. The third-order valence-corrected chi connectivity index (χ3v) is 6.04. The van der Waals surface area contributed by atoms with E-state index in [9.17, 15) is 4.79 Å². The van der Waals surface area contributed by atoms with Crippen molar-refractivity contribution in [3.8, 4) is 17.2 Å². The normalized spacial score (nSPS) is 10.9. The lowest BCUT2D eigenvalue weighted by Gasteiger charge is -2.13. The largest absolute Gasteiger partial charge is 0.493 e. The molecule has 0 aliphatic heterocycles. The predicted molar refractivity (Wildman–Crippen MR) is 141 cm³/mol. The third-order valence-electron chi connectivity index (χ3n) is 4.62. The van der Waals surface area contributed by atoms with Crippen LogP contribution in [0.25, 0.3) is 0 Å². The van der Waals surface area contributed by atoms with E-state index < -0.39 is 0 Å². The van der Waals surface area contributed by atoms with E-state index in [1.54, 1.807) is 18.2 Å². The molecule has 178 valence electrons. The Hall–Kier alpha value is -2.55. The van der Waals surface area contributed by atoms with Gasteiger partial charge in [-0.15, -0.1) is 0 Å². The summed E-state index contributed by atoms with van der Waals surface area (Å²) in [6, 6.07) is 16.2. The number of benzene rings is 3. The quantitative estimate of drug-likeness (QED) is 0.198. The van der Waals surface area contributed by atoms with Crippen LogP contribution in [-0.2, 0) is 6.61 Å². The lowest BCUT2D eigenvalue weighted by molar-refractivity contribution is 0.0954. The van der Waals surface area contributed by atoms with Crippen LogP contribution in [0.2, 0.25) is 5.02 Å². The van der Waals surface area contributed by atoms with E-state index in [-0.39, 0.29) is 12.5 Å². The molecule has 0 bridgehead atoms. The standard InChI is InChI=1S/C25H23Br2ClN2O4/c1-3-10-33-22-9-8-16(12-23(22)32-2)25(31)30-29-14-18-11-19(26)13-20(27)24(18)34-15-17-6-4-5-7-21(17)28/h4-9,11-14H,3,10,15H2,1-2H3,(H,30,31)/b29-14+. The van der Waals surface area contributed by atoms with Crippen molar-refractivity contribution in [1.82, 2.24) is 5.43 Å². The summed E-state index contributed by atoms with van der Waals surface area (Å²) in [6.45, 7) is 2.86. The number of hydrazone groups is 1. The van der Waals surface area contributed by atoms with Crippen molar-refractivity contribution in [2.24, 2.45) is 5.10 Å². The fraction of sp³-hybridized carbons (Fsp3) is 0.200. The maximum Gasteiger partial charge on any atom is 0.271 e. The van der Waals surface area contributed by atoms with Crippen molar-refractivity contribution in [2.45, 2.75) is 20.0 Å². The van der Waals surface area contributed by atoms with Crippen LogP contribution in [0.3, 0.4) is 0 Å². The van der Waals surface area contributed by atoms with Crippen LogP contribution in [-0.4, -0.2) is 25.8 Å². The molecule has 0 saturated carbocycles. The molecular formula is C25H23Br2ClN2O4. The van der Waals surface area contributed by atoms with E-state index in [0.29, 0.717) is 40.0 Å². The Kier molecular flexibility index (Phi) is 9.80. The van der Waals surface area contributed by atoms with Gasteiger partial charge in [0, 0.05) is 26.2 Å². The van der Waals surface area contributed by atoms with Gasteiger partial charge in [-0.2, -0.15) is 5.10 Å². The number of carbonyl (C=O) groups is 1. The number of halogens is 3. The Morgan fingerprint density at radius 3 is 2.62 bits per heavy atom. The summed E-state index contributed by atoms with van der Waals surface area (Å²) in [5.74, 6) is 1.25. The zero-order valence-electron chi connectivity index (χ0n) is 18.6. The topological polar surface area (TPSA) is 69.2 Å². The molecular weight excluding hydrogens is 588 g/mol. The summed E-state index contributed by atoms with van der Waals surface area (Å²) in [7, 11) is 1.53. The average molecular weight is 611 g/mol. The number of hydrogen-bond donors (Lipinski definition) is 1. The first-order valence-corrected chi connectivity index (χ1v) is 12.4. The first-order valence-electron chi connectivity index (χ1n) is 10.4. The molecule has 0 aromatic heterocycles. The van der Waals surface area contributed by atoms with E-state index in [1.165, 1.54) is 13.3 Å². The van der Waals surface area contributed by atoms with Crippen molar-refractivity contribution in [1.29, 1.82) is 0 Å². The number of nitrogens with one attached hydrogen (secondary N) is 1. The first kappa shape index (κ1) is 26.1. The number of amides is 1. The number of carbonyl (C=O) groups excluding carboxylic acids is 1. The Morgan fingerprint density at radius 2 is 1.88 bits per heavy atom. The molecule has 0 fully saturated rings. The molecule has 0 radical (unpaired) electrons. The van der Waals surface area contributed by atoms with E-state index >= 15 is 0 Å². The molecule has 9 heteroatoms. The minimum atomic E-state index is -0.385. The molecule has 0 aliphatic rings. The van der Waals surface area contributed by atoms with Crippen molar-refractivity contribution >= 4 is 55.6 Å². The van der Waals surface area contributed by atoms with Gasteiger partial charge in [-0.05, 0) is 58.7 Å². The molecule has 0 atom stereocenters. The summed E-state index contributed by atoms with van der Waals surface area (Å²) < 4.78 is 18.5. The molecule has 0 unspecified atom stereocenters. The Balaban J connectivity index is 1.73. The molecule has 1 N–H and O–H groups in total. The van der Waals surface area contributed by atoms with Gasteiger partial charge in [0.1, 0.15) is 12.4 Å². The van der Waals surface area contributed by atoms with Crippen LogP contribution < -0.4 is 19.6 Å². The lowest BCUT2D eigenvalue weighted by Crippen LogP contribution is -2.17. The van der Waals surface area contributed by atoms with Gasteiger partial charge in [0.05, 0.1) is 24.4 Å². The van der Waals surface area contributed by atoms with Gasteiger partial charge < -0.3 is 14.2 Å². The SMILES string of the molecule is CCCOc1ccc(C(=O)N/N=C/c2cc(Br)cc(Br)c2OCc2ccccc2Cl)cc1OC. The van der Waals surface area contributed by atoms with E-state index in [2.05, 4.69) is 42.4 Å². The number of methoxy groups -OCH3 is 1. The molecule has 0 saturated heterocycles. The molecule has 34 heavy (non-hydrogen) atoms. The maximum atomic E-state index is 12.6. The van der Waals surface area contributed by atoms with Crippen LogP contribution in [0.5, 0.6) is 17.2 Å². The fourth-order valence-electron chi connectivity index (χ4n) is 2.96. The number of hydrogen-bond acceptors (Lipinski definition) is 5. The van der Waals surface area contributed by atoms with Gasteiger partial charge in [0.25, 0.3) is 5.91 Å². The maximum absolute atomic E-state index is 12.6. The number of ether oxygens (including phenoxy) is 3. The monoisotopic (exact) mass is 608 g/mol. The second-order valence-electron chi connectivity index (χ2n) is 7.10. The van der Waals surface area contributed by atoms with Gasteiger partial charge in [-0.1, -0.05) is 52.7 Å². The summed E-state index contributed by atoms with van der Waals surface area (Å²) in [4.78, 5) is 12.6. The lowest BCUT2D eigenvalue weighted by atomic mass is 10.2. The molecule has 3 aromatic carbocycles. The van der Waals surface area contributed by atoms with Gasteiger partial charge in [-0.25, -0.2) is 5.43 Å². The highest BCUT2D eigenvalue weighted by Crippen LogP contribution is 2.33. The number of rotatable bonds is 10. The first-order chi connectivity index (χ1) is 16.4. The third kappa shape index (κ3) is 6.98. The van der Waals surface area contributed by atoms with Crippen LogP contribution in [0.1, 0.15) is 34.8 Å². The highest BCUT2D eigenvalue weighted by Gasteiger charge is 2.13. The van der Waals surface area contributed by atoms with Crippen LogP contribution in [0.15, 0.2) is 68.6 Å². The predicted octanol–water partition coefficient (Wildman–Crippen LogP) is 7.01. The number of nitrogens with zero attached hydrogens (tertiary/aromatic N) is 1. The van der Waals surface area contributed by atoms with Gasteiger partial charge in [-0.3, -0.25) is 4.79 Å². The van der Waals surface area contributed by atoms with Crippen molar-refractivity contribution < 1.29 is 19.0 Å². The highest BCUT2D eigenvalue weighted by molar-refractivity contribution is 9.11. The van der Waals surface area contributed by atoms with Gasteiger partial charge in [0.2, 0.25) is 0 Å².